The van der Waals surface area contributed by atoms with Crippen LogP contribution < -0.4 is 0 Å². The second-order valence-electron chi connectivity index (χ2n) is 6.08. The zero-order valence-corrected chi connectivity index (χ0v) is 14.9. The molecule has 0 rings (SSSR count). The molecule has 0 aliphatic rings. The topological polar surface area (TPSA) is 82.1 Å². The van der Waals surface area contributed by atoms with E-state index in [9.17, 15) is 9.59 Å². The van der Waals surface area contributed by atoms with Crippen LogP contribution in [-0.4, -0.2) is 28.9 Å². The van der Waals surface area contributed by atoms with Crippen LogP contribution in [0.15, 0.2) is 11.6 Å². The number of carboxylic acid groups (broad SMARTS) is 1. The highest BCUT2D eigenvalue weighted by atomic mass is 17.2. The van der Waals surface area contributed by atoms with Crippen molar-refractivity contribution in [3.63, 3.8) is 0 Å². The maximum absolute atomic E-state index is 12.1. The van der Waals surface area contributed by atoms with Crippen LogP contribution in [0.4, 0.5) is 0 Å². The molecule has 1 atom stereocenters. The van der Waals surface area contributed by atoms with E-state index >= 15 is 0 Å². The summed E-state index contributed by atoms with van der Waals surface area (Å²) >= 11 is 0. The van der Waals surface area contributed by atoms with Gasteiger partial charge in [-0.1, -0.05) is 33.1 Å². The van der Waals surface area contributed by atoms with Crippen molar-refractivity contribution in [1.82, 2.24) is 0 Å². The van der Waals surface area contributed by atoms with E-state index in [1.165, 1.54) is 6.92 Å². The van der Waals surface area contributed by atoms with Crippen LogP contribution in [0.2, 0.25) is 0 Å². The largest absolute Gasteiger partial charge is 0.478 e. The fraction of sp³-hybridized carbons (Fsp3) is 0.765. The molecule has 1 N–H and O–H groups in total. The monoisotopic (exact) mass is 330 g/mol. The van der Waals surface area contributed by atoms with Crippen LogP contribution in [0, 0.1) is 0 Å². The van der Waals surface area contributed by atoms with Gasteiger partial charge in [0.05, 0.1) is 5.60 Å². The van der Waals surface area contributed by atoms with E-state index < -0.39 is 23.8 Å². The second kappa shape index (κ2) is 11.2. The molecule has 0 aliphatic heterocycles. The summed E-state index contributed by atoms with van der Waals surface area (Å²) in [7, 11) is 0. The fourth-order valence-corrected chi connectivity index (χ4v) is 1.63. The van der Waals surface area contributed by atoms with E-state index in [1.807, 2.05) is 20.8 Å². The SMILES string of the molecule is CCCCCC/C(=C\C(=O)O)C(=O)OC(C)OOC(C)(C)CC. The van der Waals surface area contributed by atoms with Crippen molar-refractivity contribution >= 4 is 11.9 Å². The van der Waals surface area contributed by atoms with Gasteiger partial charge in [-0.3, -0.25) is 0 Å². The molecular weight excluding hydrogens is 300 g/mol. The zero-order valence-electron chi connectivity index (χ0n) is 14.9. The molecule has 0 radical (unpaired) electrons. The molecule has 1 unspecified atom stereocenters. The zero-order chi connectivity index (χ0) is 17.9. The molecule has 6 heteroatoms. The molecule has 6 nitrogen and oxygen atoms in total. The highest BCUT2D eigenvalue weighted by molar-refractivity contribution is 5.95. The van der Waals surface area contributed by atoms with E-state index in [1.54, 1.807) is 0 Å². The molecule has 134 valence electrons. The highest BCUT2D eigenvalue weighted by Gasteiger charge is 2.21. The lowest BCUT2D eigenvalue weighted by molar-refractivity contribution is -0.408. The summed E-state index contributed by atoms with van der Waals surface area (Å²) in [5, 5.41) is 8.87. The number of hydrogen-bond acceptors (Lipinski definition) is 5. The molecule has 0 fully saturated rings. The second-order valence-corrected chi connectivity index (χ2v) is 6.08. The standard InChI is InChI=1S/C17H30O6/c1-6-8-9-10-11-14(12-15(18)19)16(20)21-13(3)22-23-17(4,5)7-2/h12-13H,6-11H2,1-5H3,(H,18,19)/b14-12+. The smallest absolute Gasteiger partial charge is 0.336 e. The molecule has 0 amide bonds. The Balaban J connectivity index is 4.50. The third-order valence-corrected chi connectivity index (χ3v) is 3.39. The fourth-order valence-electron chi connectivity index (χ4n) is 1.63. The van der Waals surface area contributed by atoms with E-state index in [-0.39, 0.29) is 5.57 Å². The van der Waals surface area contributed by atoms with Crippen LogP contribution in [0.3, 0.4) is 0 Å². The summed E-state index contributed by atoms with van der Waals surface area (Å²) in [5.41, 5.74) is -0.348. The summed E-state index contributed by atoms with van der Waals surface area (Å²) in [5.74, 6) is -1.85. The Labute approximate surface area is 138 Å². The highest BCUT2D eigenvalue weighted by Crippen LogP contribution is 2.17. The first-order valence-corrected chi connectivity index (χ1v) is 8.20. The molecule has 0 saturated heterocycles. The molecule has 0 aliphatic carbocycles. The van der Waals surface area contributed by atoms with Gasteiger partial charge < -0.3 is 9.84 Å². The number of carboxylic acids is 1. The number of ether oxygens (including phenoxy) is 1. The number of carbonyl (C=O) groups excluding carboxylic acids is 1. The third-order valence-electron chi connectivity index (χ3n) is 3.39. The van der Waals surface area contributed by atoms with Gasteiger partial charge in [0.2, 0.25) is 6.29 Å². The Morgan fingerprint density at radius 2 is 1.83 bits per heavy atom. The molecule has 0 aromatic heterocycles. The van der Waals surface area contributed by atoms with E-state index in [0.29, 0.717) is 6.42 Å². The minimum absolute atomic E-state index is 0.138. The molecule has 0 aromatic rings. The summed E-state index contributed by atoms with van der Waals surface area (Å²) in [4.78, 5) is 33.2. The maximum Gasteiger partial charge on any atom is 0.336 e. The molecule has 0 heterocycles. The number of hydrogen-bond donors (Lipinski definition) is 1. The number of carbonyl (C=O) groups is 2. The van der Waals surface area contributed by atoms with Crippen molar-refractivity contribution in [3.05, 3.63) is 11.6 Å². The summed E-state index contributed by atoms with van der Waals surface area (Å²) < 4.78 is 5.09. The van der Waals surface area contributed by atoms with Crippen LogP contribution in [0.1, 0.15) is 73.1 Å². The molecule has 23 heavy (non-hydrogen) atoms. The average Bonchev–Trinajstić information content (AvgIpc) is 2.48. The van der Waals surface area contributed by atoms with Crippen LogP contribution in [-0.2, 0) is 24.1 Å². The lowest BCUT2D eigenvalue weighted by Crippen LogP contribution is -2.28. The Bertz CT molecular complexity index is 400. The van der Waals surface area contributed by atoms with Gasteiger partial charge in [0.15, 0.2) is 0 Å². The molecule has 0 spiro atoms. The lowest BCUT2D eigenvalue weighted by atomic mass is 10.1. The normalized spacial score (nSPS) is 13.7. The van der Waals surface area contributed by atoms with Gasteiger partial charge in [-0.25, -0.2) is 14.5 Å². The first-order valence-electron chi connectivity index (χ1n) is 8.20. The Kier molecular flexibility index (Phi) is 10.5. The van der Waals surface area contributed by atoms with Crippen molar-refractivity contribution in [2.24, 2.45) is 0 Å². The maximum atomic E-state index is 12.1. The quantitative estimate of drug-likeness (QED) is 0.145. The summed E-state index contributed by atoms with van der Waals surface area (Å²) in [6.45, 7) is 9.26. The van der Waals surface area contributed by atoms with E-state index in [0.717, 1.165) is 38.2 Å². The average molecular weight is 330 g/mol. The summed E-state index contributed by atoms with van der Waals surface area (Å²) in [6.07, 6.45) is 4.90. The van der Waals surface area contributed by atoms with E-state index in [4.69, 9.17) is 19.6 Å². The van der Waals surface area contributed by atoms with E-state index in [2.05, 4.69) is 6.92 Å². The number of rotatable bonds is 12. The van der Waals surface area contributed by atoms with Crippen LogP contribution in [0.5, 0.6) is 0 Å². The van der Waals surface area contributed by atoms with Gasteiger partial charge in [0.25, 0.3) is 0 Å². The van der Waals surface area contributed by atoms with Crippen LogP contribution >= 0.6 is 0 Å². The first kappa shape index (κ1) is 21.6. The molecule has 0 aromatic carbocycles. The minimum Gasteiger partial charge on any atom is -0.478 e. The Hall–Kier alpha value is -1.40. The van der Waals surface area contributed by atoms with Gasteiger partial charge in [-0.15, -0.1) is 0 Å². The molecule has 0 bridgehead atoms. The van der Waals surface area contributed by atoms with Gasteiger partial charge in [0, 0.05) is 18.6 Å². The van der Waals surface area contributed by atoms with Gasteiger partial charge in [-0.2, -0.15) is 4.89 Å². The minimum atomic E-state index is -1.16. The Morgan fingerprint density at radius 3 is 2.35 bits per heavy atom. The first-order chi connectivity index (χ1) is 10.7. The van der Waals surface area contributed by atoms with Crippen LogP contribution in [0.25, 0.3) is 0 Å². The van der Waals surface area contributed by atoms with Crippen molar-refractivity contribution in [1.29, 1.82) is 0 Å². The molecule has 0 saturated carbocycles. The summed E-state index contributed by atoms with van der Waals surface area (Å²) in [6, 6.07) is 0. The third kappa shape index (κ3) is 10.9. The predicted octanol–water partition coefficient (Wildman–Crippen LogP) is 3.99. The predicted molar refractivity (Wildman–Crippen MR) is 86.6 cm³/mol. The van der Waals surface area contributed by atoms with Crippen molar-refractivity contribution < 1.29 is 29.2 Å². The number of unbranched alkanes of at least 4 members (excludes halogenated alkanes) is 3. The van der Waals surface area contributed by atoms with Gasteiger partial charge in [-0.05, 0) is 33.1 Å². The Morgan fingerprint density at radius 1 is 1.17 bits per heavy atom. The van der Waals surface area contributed by atoms with Gasteiger partial charge >= 0.3 is 11.9 Å². The number of aliphatic carboxylic acids is 1. The van der Waals surface area contributed by atoms with Gasteiger partial charge in [0.1, 0.15) is 0 Å². The van der Waals surface area contributed by atoms with Crippen molar-refractivity contribution in [2.45, 2.75) is 85.0 Å². The molecular formula is C17H30O6. The van der Waals surface area contributed by atoms with Crippen molar-refractivity contribution in [3.8, 4) is 0 Å². The van der Waals surface area contributed by atoms with Crippen molar-refractivity contribution in [2.75, 3.05) is 0 Å². The lowest BCUT2D eigenvalue weighted by Gasteiger charge is -2.24. The number of esters is 1.